The minimum atomic E-state index is -4.73. The SMILES string of the molecule is C#CC(COCP(=O)([O-])[O-])n1cnc2c(N)ncnc21.[Na+].[Na+]. The molecule has 0 amide bonds. The van der Waals surface area contributed by atoms with Gasteiger partial charge < -0.3 is 24.8 Å². The summed E-state index contributed by atoms with van der Waals surface area (Å²) in [6.07, 6.45) is 7.10. The molecule has 0 saturated heterocycles. The van der Waals surface area contributed by atoms with Crippen molar-refractivity contribution < 1.29 is 78.2 Å². The fourth-order valence-electron chi connectivity index (χ4n) is 1.58. The molecule has 2 rings (SSSR count). The molecule has 0 radical (unpaired) electrons. The fraction of sp³-hybridized carbons (Fsp3) is 0.300. The van der Waals surface area contributed by atoms with Gasteiger partial charge in [-0.3, -0.25) is 4.57 Å². The van der Waals surface area contributed by atoms with Gasteiger partial charge in [-0.25, -0.2) is 15.0 Å². The van der Waals surface area contributed by atoms with Gasteiger partial charge in [0.1, 0.15) is 17.9 Å². The Bertz CT molecular complexity index is 713. The van der Waals surface area contributed by atoms with Crippen LogP contribution in [-0.2, 0) is 9.30 Å². The van der Waals surface area contributed by atoms with E-state index in [0.717, 1.165) is 0 Å². The predicted molar refractivity (Wildman–Crippen MR) is 66.0 cm³/mol. The van der Waals surface area contributed by atoms with Crippen LogP contribution in [0.2, 0.25) is 0 Å². The summed E-state index contributed by atoms with van der Waals surface area (Å²) in [4.78, 5) is 32.8. The number of terminal acetylenes is 1. The van der Waals surface area contributed by atoms with Gasteiger partial charge in [0.15, 0.2) is 11.5 Å². The molecule has 1 unspecified atom stereocenters. The Hall–Kier alpha value is 0.0200. The van der Waals surface area contributed by atoms with Crippen LogP contribution in [0.15, 0.2) is 12.7 Å². The molecule has 106 valence electrons. The minimum Gasteiger partial charge on any atom is -0.809 e. The van der Waals surface area contributed by atoms with Crippen LogP contribution in [0, 0.1) is 12.3 Å². The maximum absolute atomic E-state index is 10.5. The summed E-state index contributed by atoms with van der Waals surface area (Å²) in [7, 11) is -4.73. The van der Waals surface area contributed by atoms with Crippen molar-refractivity contribution in [1.82, 2.24) is 19.5 Å². The zero-order chi connectivity index (χ0) is 14.8. The molecular formula is C10H10N5Na2O4P. The van der Waals surface area contributed by atoms with Gasteiger partial charge in [-0.15, -0.1) is 6.42 Å². The van der Waals surface area contributed by atoms with E-state index in [-0.39, 0.29) is 71.5 Å². The zero-order valence-electron chi connectivity index (χ0n) is 12.2. The molecule has 0 aliphatic carbocycles. The number of rotatable bonds is 5. The number of nitrogen functional groups attached to an aromatic ring is 1. The first kappa shape index (κ1) is 22.0. The largest absolute Gasteiger partial charge is 1.00 e. The van der Waals surface area contributed by atoms with Crippen LogP contribution in [0.4, 0.5) is 5.82 Å². The van der Waals surface area contributed by atoms with E-state index in [1.54, 1.807) is 0 Å². The van der Waals surface area contributed by atoms with Gasteiger partial charge in [-0.2, -0.15) is 0 Å². The van der Waals surface area contributed by atoms with Crippen molar-refractivity contribution in [2.45, 2.75) is 6.04 Å². The number of hydrogen-bond donors (Lipinski definition) is 1. The Morgan fingerprint density at radius 3 is 2.68 bits per heavy atom. The Morgan fingerprint density at radius 2 is 2.09 bits per heavy atom. The Balaban J connectivity index is 0.00000220. The third kappa shape index (κ3) is 5.58. The number of ether oxygens (including phenoxy) is 1. The van der Waals surface area contributed by atoms with E-state index in [0.29, 0.717) is 11.2 Å². The normalized spacial score (nSPS) is 12.0. The second-order valence-corrected chi connectivity index (χ2v) is 5.36. The number of anilines is 1. The van der Waals surface area contributed by atoms with E-state index >= 15 is 0 Å². The van der Waals surface area contributed by atoms with E-state index in [9.17, 15) is 14.4 Å². The van der Waals surface area contributed by atoms with Gasteiger partial charge in [0.25, 0.3) is 0 Å². The summed E-state index contributed by atoms with van der Waals surface area (Å²) in [5, 5.41) is 0. The van der Waals surface area contributed by atoms with Crippen LogP contribution < -0.4 is 74.6 Å². The number of nitrogens with two attached hydrogens (primary N) is 1. The molecule has 12 heteroatoms. The molecular weight excluding hydrogens is 331 g/mol. The van der Waals surface area contributed by atoms with E-state index < -0.39 is 20.0 Å². The average molecular weight is 341 g/mol. The maximum atomic E-state index is 10.5. The summed E-state index contributed by atoms with van der Waals surface area (Å²) in [6, 6.07) is -0.666. The monoisotopic (exact) mass is 341 g/mol. The molecule has 2 aromatic heterocycles. The molecule has 0 fully saturated rings. The van der Waals surface area contributed by atoms with Crippen molar-refractivity contribution in [2.24, 2.45) is 0 Å². The van der Waals surface area contributed by atoms with Crippen LogP contribution >= 0.6 is 7.60 Å². The maximum Gasteiger partial charge on any atom is 1.00 e. The molecule has 1 atom stereocenters. The molecule has 2 N–H and O–H groups in total. The van der Waals surface area contributed by atoms with Gasteiger partial charge in [0.05, 0.1) is 19.3 Å². The van der Waals surface area contributed by atoms with Crippen molar-refractivity contribution >= 4 is 24.6 Å². The quantitative estimate of drug-likeness (QED) is 0.321. The zero-order valence-corrected chi connectivity index (χ0v) is 17.1. The van der Waals surface area contributed by atoms with Crippen LogP contribution in [0.5, 0.6) is 0 Å². The first-order valence-electron chi connectivity index (χ1n) is 5.40. The van der Waals surface area contributed by atoms with Gasteiger partial charge >= 0.3 is 59.1 Å². The molecule has 9 nitrogen and oxygen atoms in total. The minimum absolute atomic E-state index is 0. The number of aromatic nitrogens is 4. The Kier molecular flexibility index (Phi) is 9.36. The molecule has 2 aromatic rings. The molecule has 0 bridgehead atoms. The van der Waals surface area contributed by atoms with Gasteiger partial charge in [0, 0.05) is 0 Å². The van der Waals surface area contributed by atoms with Crippen molar-refractivity contribution in [1.29, 1.82) is 0 Å². The van der Waals surface area contributed by atoms with Crippen LogP contribution in [0.3, 0.4) is 0 Å². The molecule has 0 aliphatic rings. The van der Waals surface area contributed by atoms with Crippen molar-refractivity contribution in [3.8, 4) is 12.3 Å². The Labute approximate surface area is 170 Å². The third-order valence-corrected chi connectivity index (χ3v) is 2.94. The third-order valence-electron chi connectivity index (χ3n) is 2.44. The second-order valence-electron chi connectivity index (χ2n) is 3.88. The molecule has 2 heterocycles. The topological polar surface area (TPSA) is 142 Å². The molecule has 0 aliphatic heterocycles. The number of nitrogens with zero attached hydrogens (tertiary/aromatic N) is 4. The molecule has 0 aromatic carbocycles. The van der Waals surface area contributed by atoms with Crippen LogP contribution in [0.1, 0.15) is 6.04 Å². The molecule has 22 heavy (non-hydrogen) atoms. The summed E-state index contributed by atoms with van der Waals surface area (Å²) < 4.78 is 16.8. The van der Waals surface area contributed by atoms with E-state index in [1.165, 1.54) is 17.2 Å². The van der Waals surface area contributed by atoms with E-state index in [4.69, 9.17) is 16.9 Å². The van der Waals surface area contributed by atoms with Crippen molar-refractivity contribution in [2.75, 3.05) is 18.7 Å². The summed E-state index contributed by atoms with van der Waals surface area (Å²) >= 11 is 0. The van der Waals surface area contributed by atoms with E-state index in [2.05, 4.69) is 20.9 Å². The second kappa shape index (κ2) is 9.35. The summed E-state index contributed by atoms with van der Waals surface area (Å²) in [6.45, 7) is -0.166. The number of imidazole rings is 1. The van der Waals surface area contributed by atoms with E-state index in [1.807, 2.05) is 0 Å². The summed E-state index contributed by atoms with van der Waals surface area (Å²) in [5.41, 5.74) is 6.42. The van der Waals surface area contributed by atoms with Crippen LogP contribution in [-0.4, -0.2) is 32.5 Å². The predicted octanol–water partition coefficient (Wildman–Crippen LogP) is -7.52. The molecule has 0 spiro atoms. The van der Waals surface area contributed by atoms with Gasteiger partial charge in [0.2, 0.25) is 0 Å². The van der Waals surface area contributed by atoms with Crippen LogP contribution in [0.25, 0.3) is 11.2 Å². The summed E-state index contributed by atoms with van der Waals surface area (Å²) in [5.74, 6) is 2.61. The average Bonchev–Trinajstić information content (AvgIpc) is 2.79. The van der Waals surface area contributed by atoms with Gasteiger partial charge in [-0.1, -0.05) is 5.92 Å². The number of fused-ring (bicyclic) bond motifs is 1. The first-order chi connectivity index (χ1) is 9.42. The fourth-order valence-corrected chi connectivity index (χ4v) is 1.91. The van der Waals surface area contributed by atoms with Crippen molar-refractivity contribution in [3.63, 3.8) is 0 Å². The van der Waals surface area contributed by atoms with Gasteiger partial charge in [-0.05, 0) is 7.60 Å². The standard InChI is InChI=1S/C10H12N5O4P.2Na/c1-2-7(3-19-6-20(16,17)18)15-5-14-8-9(11)12-4-13-10(8)15;;/h1,4-5,7H,3,6H2,(H2,11,12,13)(H2,16,17,18);;/q;2*+1/p-2. The first-order valence-corrected chi connectivity index (χ1v) is 7.13. The van der Waals surface area contributed by atoms with Crippen molar-refractivity contribution in [3.05, 3.63) is 12.7 Å². The molecule has 0 saturated carbocycles. The number of hydrogen-bond acceptors (Lipinski definition) is 8. The Morgan fingerprint density at radius 1 is 1.41 bits per heavy atom. The smallest absolute Gasteiger partial charge is 0.809 e.